The lowest BCUT2D eigenvalue weighted by Gasteiger charge is -2.19. The molecule has 0 aromatic carbocycles. The molecule has 1 heterocycles. The number of halogens is 2. The number of amides is 1. The molecule has 0 saturated heterocycles. The minimum absolute atomic E-state index is 0.0721. The summed E-state index contributed by atoms with van der Waals surface area (Å²) in [7, 11) is 0. The maximum absolute atomic E-state index is 12.2. The predicted molar refractivity (Wildman–Crippen MR) is 70.6 cm³/mol. The van der Waals surface area contributed by atoms with E-state index in [4.69, 9.17) is 5.11 Å². The normalized spacial score (nSPS) is 11.2. The largest absolute Gasteiger partial charge is 0.395 e. The Labute approximate surface area is 115 Å². The summed E-state index contributed by atoms with van der Waals surface area (Å²) in [4.78, 5) is 14.0. The van der Waals surface area contributed by atoms with E-state index in [0.29, 0.717) is 6.54 Å². The minimum atomic E-state index is -2.51. The van der Waals surface area contributed by atoms with E-state index in [9.17, 15) is 13.6 Å². The van der Waals surface area contributed by atoms with Crippen LogP contribution in [0.5, 0.6) is 0 Å². The fourth-order valence-corrected chi connectivity index (χ4v) is 2.32. The number of carbonyl (C=O) groups is 1. The van der Waals surface area contributed by atoms with Gasteiger partial charge in [0.15, 0.2) is 0 Å². The lowest BCUT2D eigenvalue weighted by molar-refractivity contribution is -0.122. The molecule has 108 valence electrons. The third-order valence-corrected chi connectivity index (χ3v) is 3.39. The summed E-state index contributed by atoms with van der Waals surface area (Å²) in [6.45, 7) is -0.298. The number of aliphatic hydroxyl groups excluding tert-OH is 1. The van der Waals surface area contributed by atoms with Gasteiger partial charge in [-0.3, -0.25) is 9.69 Å². The molecule has 1 aromatic heterocycles. The number of hydrogen-bond acceptors (Lipinski definition) is 4. The van der Waals surface area contributed by atoms with E-state index in [0.717, 1.165) is 6.42 Å². The van der Waals surface area contributed by atoms with Gasteiger partial charge in [-0.15, -0.1) is 11.3 Å². The molecule has 0 aliphatic heterocycles. The molecular weight excluding hydrogens is 274 g/mol. The van der Waals surface area contributed by atoms with Crippen LogP contribution in [0.3, 0.4) is 0 Å². The Kier molecular flexibility index (Phi) is 7.54. The van der Waals surface area contributed by atoms with E-state index < -0.39 is 13.0 Å². The fraction of sp³-hybridized carbons (Fsp3) is 0.583. The zero-order valence-electron chi connectivity index (χ0n) is 10.5. The first-order valence-electron chi connectivity index (χ1n) is 6.02. The van der Waals surface area contributed by atoms with E-state index in [1.54, 1.807) is 11.3 Å². The van der Waals surface area contributed by atoms with Crippen molar-refractivity contribution in [1.82, 2.24) is 10.2 Å². The lowest BCUT2D eigenvalue weighted by Crippen LogP contribution is -2.41. The number of carbonyl (C=O) groups excluding carboxylic acids is 1. The number of nitrogens with zero attached hydrogens (tertiary/aromatic N) is 1. The summed E-state index contributed by atoms with van der Waals surface area (Å²) in [5, 5.41) is 13.4. The molecule has 7 heteroatoms. The second-order valence-electron chi connectivity index (χ2n) is 4.03. The number of rotatable bonds is 9. The average Bonchev–Trinajstić information content (AvgIpc) is 2.81. The van der Waals surface area contributed by atoms with Crippen LogP contribution in [0, 0.1) is 0 Å². The minimum Gasteiger partial charge on any atom is -0.395 e. The van der Waals surface area contributed by atoms with Gasteiger partial charge in [0.25, 0.3) is 6.43 Å². The van der Waals surface area contributed by atoms with E-state index in [1.165, 1.54) is 9.78 Å². The summed E-state index contributed by atoms with van der Waals surface area (Å²) >= 11 is 1.61. The first kappa shape index (κ1) is 16.0. The molecule has 0 aliphatic carbocycles. The van der Waals surface area contributed by atoms with Crippen molar-refractivity contribution in [2.75, 3.05) is 32.8 Å². The highest BCUT2D eigenvalue weighted by Crippen LogP contribution is 2.08. The molecule has 0 atom stereocenters. The molecule has 0 spiro atoms. The van der Waals surface area contributed by atoms with Gasteiger partial charge >= 0.3 is 0 Å². The highest BCUT2D eigenvalue weighted by molar-refractivity contribution is 7.09. The molecule has 1 amide bonds. The number of thiophene rings is 1. The molecule has 1 rings (SSSR count). The van der Waals surface area contributed by atoms with E-state index in [-0.39, 0.29) is 25.6 Å². The van der Waals surface area contributed by atoms with Crippen LogP contribution < -0.4 is 5.32 Å². The SMILES string of the molecule is O=C(CN(CCO)CC(F)F)NCCc1cccs1. The van der Waals surface area contributed by atoms with Crippen LogP contribution >= 0.6 is 11.3 Å². The van der Waals surface area contributed by atoms with Crippen molar-refractivity contribution in [1.29, 1.82) is 0 Å². The molecule has 1 aromatic rings. The third-order valence-electron chi connectivity index (χ3n) is 2.45. The van der Waals surface area contributed by atoms with Gasteiger partial charge in [-0.05, 0) is 17.9 Å². The van der Waals surface area contributed by atoms with Crippen LogP contribution in [0.4, 0.5) is 8.78 Å². The molecule has 0 radical (unpaired) electrons. The maximum Gasteiger partial charge on any atom is 0.251 e. The summed E-state index contributed by atoms with van der Waals surface area (Å²) < 4.78 is 24.5. The monoisotopic (exact) mass is 292 g/mol. The highest BCUT2D eigenvalue weighted by Gasteiger charge is 2.14. The van der Waals surface area contributed by atoms with Gasteiger partial charge < -0.3 is 10.4 Å². The van der Waals surface area contributed by atoms with Crippen molar-refractivity contribution < 1.29 is 18.7 Å². The average molecular weight is 292 g/mol. The Morgan fingerprint density at radius 3 is 2.89 bits per heavy atom. The predicted octanol–water partition coefficient (Wildman–Crippen LogP) is 0.966. The fourth-order valence-electron chi connectivity index (χ4n) is 1.61. The molecule has 4 nitrogen and oxygen atoms in total. The Morgan fingerprint density at radius 2 is 2.32 bits per heavy atom. The van der Waals surface area contributed by atoms with Crippen molar-refractivity contribution in [3.63, 3.8) is 0 Å². The third kappa shape index (κ3) is 7.19. The summed E-state index contributed by atoms with van der Waals surface area (Å²) in [6.07, 6.45) is -1.77. The van der Waals surface area contributed by atoms with E-state index in [1.807, 2.05) is 17.5 Å². The van der Waals surface area contributed by atoms with Gasteiger partial charge in [-0.2, -0.15) is 0 Å². The van der Waals surface area contributed by atoms with Crippen molar-refractivity contribution in [3.05, 3.63) is 22.4 Å². The van der Waals surface area contributed by atoms with Crippen LogP contribution in [0.15, 0.2) is 17.5 Å². The van der Waals surface area contributed by atoms with Gasteiger partial charge in [-0.1, -0.05) is 6.07 Å². The molecule has 0 saturated carbocycles. The summed E-state index contributed by atoms with van der Waals surface area (Å²) in [6, 6.07) is 3.92. The van der Waals surface area contributed by atoms with Crippen molar-refractivity contribution in [3.8, 4) is 0 Å². The van der Waals surface area contributed by atoms with Crippen LogP contribution in [-0.4, -0.2) is 55.1 Å². The molecule has 0 unspecified atom stereocenters. The van der Waals surface area contributed by atoms with Gasteiger partial charge in [0.2, 0.25) is 5.91 Å². The Balaban J connectivity index is 2.23. The number of hydrogen-bond donors (Lipinski definition) is 2. The standard InChI is InChI=1S/C12H18F2N2O2S/c13-11(14)8-16(5-6-17)9-12(18)15-4-3-10-2-1-7-19-10/h1-2,7,11,17H,3-6,8-9H2,(H,15,18). The molecule has 0 bridgehead atoms. The Hall–Kier alpha value is -1.05. The van der Waals surface area contributed by atoms with Crippen LogP contribution in [0.1, 0.15) is 4.88 Å². The molecular formula is C12H18F2N2O2S. The first-order chi connectivity index (χ1) is 9.11. The van der Waals surface area contributed by atoms with Gasteiger partial charge in [0, 0.05) is 18.0 Å². The van der Waals surface area contributed by atoms with Crippen LogP contribution in [0.25, 0.3) is 0 Å². The molecule has 0 fully saturated rings. The molecule has 0 aliphatic rings. The van der Waals surface area contributed by atoms with Gasteiger partial charge in [0.05, 0.1) is 19.7 Å². The zero-order valence-corrected chi connectivity index (χ0v) is 11.3. The Bertz CT molecular complexity index is 361. The quantitative estimate of drug-likeness (QED) is 0.713. The van der Waals surface area contributed by atoms with Gasteiger partial charge in [0.1, 0.15) is 0 Å². The number of nitrogens with one attached hydrogen (secondary N) is 1. The first-order valence-corrected chi connectivity index (χ1v) is 6.90. The smallest absolute Gasteiger partial charge is 0.251 e. The number of alkyl halides is 2. The van der Waals surface area contributed by atoms with Crippen molar-refractivity contribution >= 4 is 17.2 Å². The van der Waals surface area contributed by atoms with Gasteiger partial charge in [-0.25, -0.2) is 8.78 Å². The summed E-state index contributed by atoms with van der Waals surface area (Å²) in [5.41, 5.74) is 0. The van der Waals surface area contributed by atoms with E-state index >= 15 is 0 Å². The molecule has 19 heavy (non-hydrogen) atoms. The zero-order chi connectivity index (χ0) is 14.1. The highest BCUT2D eigenvalue weighted by atomic mass is 32.1. The van der Waals surface area contributed by atoms with Crippen molar-refractivity contribution in [2.45, 2.75) is 12.8 Å². The molecule has 2 N–H and O–H groups in total. The van der Waals surface area contributed by atoms with Crippen LogP contribution in [0.2, 0.25) is 0 Å². The number of aliphatic hydroxyl groups is 1. The second kappa shape index (κ2) is 8.95. The lowest BCUT2D eigenvalue weighted by atomic mass is 10.3. The van der Waals surface area contributed by atoms with E-state index in [2.05, 4.69) is 5.32 Å². The van der Waals surface area contributed by atoms with Crippen LogP contribution in [-0.2, 0) is 11.2 Å². The second-order valence-corrected chi connectivity index (χ2v) is 5.06. The topological polar surface area (TPSA) is 52.6 Å². The Morgan fingerprint density at radius 1 is 1.53 bits per heavy atom. The van der Waals surface area contributed by atoms with Crippen molar-refractivity contribution in [2.24, 2.45) is 0 Å². The maximum atomic E-state index is 12.2. The summed E-state index contributed by atoms with van der Waals surface area (Å²) in [5.74, 6) is -0.300.